The molecule has 2 rings (SSSR count). The van der Waals surface area contributed by atoms with Gasteiger partial charge < -0.3 is 4.74 Å². The van der Waals surface area contributed by atoms with Crippen molar-refractivity contribution in [1.29, 1.82) is 0 Å². The van der Waals surface area contributed by atoms with Gasteiger partial charge in [-0.05, 0) is 32.6 Å². The van der Waals surface area contributed by atoms with Crippen LogP contribution in [0.3, 0.4) is 0 Å². The normalized spacial score (nSPS) is 26.4. The molecule has 3 nitrogen and oxygen atoms in total. The number of Topliss-reactive ketones (excluding diaryl/α,β-unsaturated/α-hetero) is 2. The summed E-state index contributed by atoms with van der Waals surface area (Å²) in [6.45, 7) is 6.54. The van der Waals surface area contributed by atoms with E-state index in [1.807, 2.05) is 13.0 Å². The van der Waals surface area contributed by atoms with Crippen LogP contribution in [0.1, 0.15) is 45.4 Å². The minimum Gasteiger partial charge on any atom is -0.374 e. The van der Waals surface area contributed by atoms with Gasteiger partial charge in [0.15, 0.2) is 11.6 Å². The molecule has 3 heteroatoms. The standard InChI is InChI=1S/C17H22O3/c1-3-20-13-7-5-4-6-12(2)10-15-14(17(19)11-13)8-9-16(15)18/h5,7,13H,2-4,6,8-11H2,1H3/b7-5+. The van der Waals surface area contributed by atoms with Crippen molar-refractivity contribution in [3.05, 3.63) is 35.5 Å². The Morgan fingerprint density at radius 2 is 2.00 bits per heavy atom. The molecule has 0 fully saturated rings. The molecule has 0 aromatic rings. The van der Waals surface area contributed by atoms with E-state index in [1.165, 1.54) is 0 Å². The second-order valence-electron chi connectivity index (χ2n) is 5.39. The molecule has 1 unspecified atom stereocenters. The fourth-order valence-corrected chi connectivity index (χ4v) is 2.80. The summed E-state index contributed by atoms with van der Waals surface area (Å²) in [6.07, 6.45) is 7.54. The van der Waals surface area contributed by atoms with E-state index in [4.69, 9.17) is 4.74 Å². The highest BCUT2D eigenvalue weighted by Gasteiger charge is 2.28. The van der Waals surface area contributed by atoms with Crippen LogP contribution in [0, 0.1) is 0 Å². The fraction of sp³-hybridized carbons (Fsp3) is 0.529. The van der Waals surface area contributed by atoms with E-state index in [-0.39, 0.29) is 17.7 Å². The lowest BCUT2D eigenvalue weighted by Gasteiger charge is -2.13. The first-order valence-electron chi connectivity index (χ1n) is 7.35. The second-order valence-corrected chi connectivity index (χ2v) is 5.39. The molecule has 0 radical (unpaired) electrons. The summed E-state index contributed by atoms with van der Waals surface area (Å²) >= 11 is 0. The van der Waals surface area contributed by atoms with E-state index in [1.54, 1.807) is 0 Å². The molecule has 0 saturated heterocycles. The van der Waals surface area contributed by atoms with E-state index in [0.29, 0.717) is 37.9 Å². The number of hydrogen-bond donors (Lipinski definition) is 0. The summed E-state index contributed by atoms with van der Waals surface area (Å²) in [5.74, 6) is 0.179. The zero-order chi connectivity index (χ0) is 14.5. The number of rotatable bonds is 2. The Morgan fingerprint density at radius 3 is 2.75 bits per heavy atom. The van der Waals surface area contributed by atoms with Gasteiger partial charge in [-0.1, -0.05) is 24.3 Å². The van der Waals surface area contributed by atoms with Gasteiger partial charge >= 0.3 is 0 Å². The van der Waals surface area contributed by atoms with Crippen molar-refractivity contribution in [3.8, 4) is 0 Å². The summed E-state index contributed by atoms with van der Waals surface area (Å²) in [5, 5.41) is 0. The zero-order valence-electron chi connectivity index (χ0n) is 12.1. The molecule has 0 heterocycles. The average Bonchev–Trinajstić information content (AvgIpc) is 2.75. The molecule has 1 atom stereocenters. The Balaban J connectivity index is 2.26. The van der Waals surface area contributed by atoms with Crippen LogP contribution in [0.5, 0.6) is 0 Å². The summed E-state index contributed by atoms with van der Waals surface area (Å²) in [6, 6.07) is 0. The van der Waals surface area contributed by atoms with Crippen LogP contribution in [0.2, 0.25) is 0 Å². The molecule has 0 aromatic heterocycles. The quantitative estimate of drug-likeness (QED) is 0.726. The number of allylic oxidation sites excluding steroid dienone is 4. The molecular weight excluding hydrogens is 252 g/mol. The topological polar surface area (TPSA) is 43.4 Å². The van der Waals surface area contributed by atoms with Gasteiger partial charge in [-0.15, -0.1) is 0 Å². The lowest BCUT2D eigenvalue weighted by molar-refractivity contribution is -0.118. The molecule has 0 spiro atoms. The van der Waals surface area contributed by atoms with Gasteiger partial charge in [0, 0.05) is 30.6 Å². The second kappa shape index (κ2) is 6.80. The van der Waals surface area contributed by atoms with Crippen LogP contribution in [0.25, 0.3) is 0 Å². The van der Waals surface area contributed by atoms with Gasteiger partial charge in [0.1, 0.15) is 0 Å². The van der Waals surface area contributed by atoms with E-state index in [0.717, 1.165) is 24.0 Å². The van der Waals surface area contributed by atoms with E-state index >= 15 is 0 Å². The third-order valence-electron chi connectivity index (χ3n) is 3.85. The average molecular weight is 274 g/mol. The van der Waals surface area contributed by atoms with Gasteiger partial charge in [0.05, 0.1) is 6.10 Å². The van der Waals surface area contributed by atoms with E-state index in [2.05, 4.69) is 12.7 Å². The molecule has 0 saturated carbocycles. The first-order chi connectivity index (χ1) is 9.61. The van der Waals surface area contributed by atoms with Crippen LogP contribution in [-0.4, -0.2) is 24.3 Å². The first-order valence-corrected chi connectivity index (χ1v) is 7.35. The Morgan fingerprint density at radius 1 is 1.20 bits per heavy atom. The molecule has 0 bridgehead atoms. The molecule has 0 aliphatic heterocycles. The Hall–Kier alpha value is -1.48. The maximum absolute atomic E-state index is 12.4. The lowest BCUT2D eigenvalue weighted by atomic mass is 9.97. The Kier molecular flexibility index (Phi) is 5.07. The zero-order valence-corrected chi connectivity index (χ0v) is 12.1. The van der Waals surface area contributed by atoms with Crippen LogP contribution < -0.4 is 0 Å². The predicted molar refractivity (Wildman–Crippen MR) is 78.4 cm³/mol. The van der Waals surface area contributed by atoms with Gasteiger partial charge in [0.2, 0.25) is 0 Å². The van der Waals surface area contributed by atoms with Crippen molar-refractivity contribution in [1.82, 2.24) is 0 Å². The van der Waals surface area contributed by atoms with Gasteiger partial charge in [-0.3, -0.25) is 9.59 Å². The van der Waals surface area contributed by atoms with Gasteiger partial charge in [-0.2, -0.15) is 0 Å². The smallest absolute Gasteiger partial charge is 0.162 e. The van der Waals surface area contributed by atoms with Crippen molar-refractivity contribution in [2.24, 2.45) is 0 Å². The predicted octanol–water partition coefficient (Wildman–Crippen LogP) is 3.31. The number of carbonyl (C=O) groups is 2. The fourth-order valence-electron chi connectivity index (χ4n) is 2.80. The minimum atomic E-state index is -0.177. The molecule has 20 heavy (non-hydrogen) atoms. The van der Waals surface area contributed by atoms with E-state index in [9.17, 15) is 9.59 Å². The summed E-state index contributed by atoms with van der Waals surface area (Å²) in [5.41, 5.74) is 2.45. The number of hydrogen-bond acceptors (Lipinski definition) is 3. The third kappa shape index (κ3) is 3.54. The first kappa shape index (κ1) is 14.9. The molecular formula is C17H22O3. The van der Waals surface area contributed by atoms with Crippen molar-refractivity contribution in [3.63, 3.8) is 0 Å². The molecule has 0 amide bonds. The summed E-state index contributed by atoms with van der Waals surface area (Å²) in [7, 11) is 0. The van der Waals surface area contributed by atoms with Gasteiger partial charge in [0.25, 0.3) is 0 Å². The van der Waals surface area contributed by atoms with Gasteiger partial charge in [-0.25, -0.2) is 0 Å². The molecule has 0 N–H and O–H groups in total. The number of carbonyl (C=O) groups excluding carboxylic acids is 2. The SMILES string of the molecule is C=C1CC/C=C/C(OCC)CC(=O)C2=C(C1)C(=O)CC2. The van der Waals surface area contributed by atoms with Crippen molar-refractivity contribution in [2.75, 3.05) is 6.61 Å². The van der Waals surface area contributed by atoms with Crippen molar-refractivity contribution in [2.45, 2.75) is 51.6 Å². The van der Waals surface area contributed by atoms with Crippen LogP contribution in [0.4, 0.5) is 0 Å². The molecule has 2 aliphatic carbocycles. The highest BCUT2D eigenvalue weighted by molar-refractivity contribution is 6.10. The molecule has 2 aliphatic rings. The van der Waals surface area contributed by atoms with E-state index < -0.39 is 0 Å². The number of ketones is 2. The van der Waals surface area contributed by atoms with Crippen molar-refractivity contribution < 1.29 is 14.3 Å². The van der Waals surface area contributed by atoms with Crippen LogP contribution >= 0.6 is 0 Å². The molecule has 0 aromatic carbocycles. The minimum absolute atomic E-state index is 0.0589. The van der Waals surface area contributed by atoms with Crippen LogP contribution in [0.15, 0.2) is 35.5 Å². The third-order valence-corrected chi connectivity index (χ3v) is 3.85. The lowest BCUT2D eigenvalue weighted by Crippen LogP contribution is -2.17. The maximum Gasteiger partial charge on any atom is 0.162 e. The highest BCUT2D eigenvalue weighted by Crippen LogP contribution is 2.31. The Labute approximate surface area is 120 Å². The Bertz CT molecular complexity index is 482. The van der Waals surface area contributed by atoms with Crippen LogP contribution in [-0.2, 0) is 14.3 Å². The van der Waals surface area contributed by atoms with Crippen molar-refractivity contribution >= 4 is 11.6 Å². The number of ether oxygens (including phenoxy) is 1. The largest absolute Gasteiger partial charge is 0.374 e. The summed E-state index contributed by atoms with van der Waals surface area (Å²) < 4.78 is 5.59. The maximum atomic E-state index is 12.4. The molecule has 108 valence electrons. The monoisotopic (exact) mass is 274 g/mol. The summed E-state index contributed by atoms with van der Waals surface area (Å²) in [4.78, 5) is 24.4. The highest BCUT2D eigenvalue weighted by atomic mass is 16.5.